The van der Waals surface area contributed by atoms with Gasteiger partial charge in [-0.2, -0.15) is 0 Å². The first-order valence-corrected chi connectivity index (χ1v) is 11.2. The molecule has 0 saturated heterocycles. The molecule has 4 aliphatic rings. The van der Waals surface area contributed by atoms with Gasteiger partial charge in [0.25, 0.3) is 0 Å². The smallest absolute Gasteiger partial charge is 0.333 e. The van der Waals surface area contributed by atoms with Crippen molar-refractivity contribution in [3.8, 4) is 0 Å². The van der Waals surface area contributed by atoms with Gasteiger partial charge >= 0.3 is 11.9 Å². The van der Waals surface area contributed by atoms with E-state index in [0.29, 0.717) is 17.6 Å². The van der Waals surface area contributed by atoms with Crippen molar-refractivity contribution >= 4 is 17.7 Å². The minimum absolute atomic E-state index is 0.0568. The zero-order valence-electron chi connectivity index (χ0n) is 19.9. The highest BCUT2D eigenvalue weighted by molar-refractivity contribution is 5.89. The van der Waals surface area contributed by atoms with Gasteiger partial charge in [-0.05, 0) is 45.4 Å². The summed E-state index contributed by atoms with van der Waals surface area (Å²) in [5, 5.41) is 11.6. The molecular weight excluding hydrogens is 396 g/mol. The SMILES string of the molecule is C/C=C(/C)C(=O)OC1C(OC(=O)/C(C)=C\C)C(C)(C)C2C3C(=O)CC(C)C2C3(C)C1O. The van der Waals surface area contributed by atoms with Gasteiger partial charge < -0.3 is 14.6 Å². The molecular formula is C25H36O6. The lowest BCUT2D eigenvalue weighted by molar-refractivity contribution is -0.236. The number of hydrogen-bond donors (Lipinski definition) is 1. The van der Waals surface area contributed by atoms with Crippen LogP contribution in [0.3, 0.4) is 0 Å². The van der Waals surface area contributed by atoms with Gasteiger partial charge in [-0.3, -0.25) is 4.79 Å². The van der Waals surface area contributed by atoms with E-state index in [4.69, 9.17) is 9.47 Å². The standard InChI is InChI=1S/C25H36O6/c1-9-12(3)22(28)30-19-20(27)25(8)16-14(5)11-15(26)17(25)18(16)24(6,7)21(19)31-23(29)13(4)10-2/h9-10,14,16-21,27H,11H2,1-8H3/b12-9-,13-10-. The summed E-state index contributed by atoms with van der Waals surface area (Å²) in [6.07, 6.45) is 0.736. The van der Waals surface area contributed by atoms with E-state index >= 15 is 0 Å². The Morgan fingerprint density at radius 1 is 1.00 bits per heavy atom. The van der Waals surface area contributed by atoms with Crippen molar-refractivity contribution in [2.75, 3.05) is 0 Å². The van der Waals surface area contributed by atoms with Crippen molar-refractivity contribution in [3.63, 3.8) is 0 Å². The maximum Gasteiger partial charge on any atom is 0.333 e. The number of carbonyl (C=O) groups excluding carboxylic acids is 3. The van der Waals surface area contributed by atoms with Crippen LogP contribution in [0.25, 0.3) is 0 Å². The molecule has 4 saturated carbocycles. The first kappa shape index (κ1) is 23.7. The predicted molar refractivity (Wildman–Crippen MR) is 116 cm³/mol. The summed E-state index contributed by atoms with van der Waals surface area (Å²) in [5.74, 6) is -1.14. The fourth-order valence-corrected chi connectivity index (χ4v) is 6.57. The lowest BCUT2D eigenvalue weighted by atomic mass is 9.35. The highest BCUT2D eigenvalue weighted by Crippen LogP contribution is 2.72. The maximum absolute atomic E-state index is 13.1. The predicted octanol–water partition coefficient (Wildman–Crippen LogP) is 3.62. The van der Waals surface area contributed by atoms with E-state index in [1.54, 1.807) is 39.8 Å². The molecule has 4 fully saturated rings. The summed E-state index contributed by atoms with van der Waals surface area (Å²) in [4.78, 5) is 38.5. The Morgan fingerprint density at radius 3 is 2.00 bits per heavy atom. The molecule has 0 spiro atoms. The number of Topliss-reactive ketones (excluding diaryl/α,β-unsaturated/α-hetero) is 1. The average molecular weight is 433 g/mol. The maximum atomic E-state index is 13.1. The molecule has 8 atom stereocenters. The van der Waals surface area contributed by atoms with Crippen LogP contribution in [0.1, 0.15) is 61.8 Å². The van der Waals surface area contributed by atoms with Gasteiger partial charge in [0, 0.05) is 34.3 Å². The molecule has 8 unspecified atom stereocenters. The molecule has 4 aliphatic carbocycles. The fraction of sp³-hybridized carbons (Fsp3) is 0.720. The number of ether oxygens (including phenoxy) is 2. The molecule has 0 radical (unpaired) electrons. The second-order valence-electron chi connectivity index (χ2n) is 10.4. The Balaban J connectivity index is 2.12. The second-order valence-corrected chi connectivity index (χ2v) is 10.4. The van der Waals surface area contributed by atoms with Crippen molar-refractivity contribution in [2.45, 2.75) is 80.1 Å². The fourth-order valence-electron chi connectivity index (χ4n) is 6.57. The Bertz CT molecular complexity index is 852. The molecule has 1 N–H and O–H groups in total. The lowest BCUT2D eigenvalue weighted by Crippen LogP contribution is -2.70. The number of carbonyl (C=O) groups is 3. The molecule has 0 aromatic carbocycles. The number of fused-ring (bicyclic) bond motifs is 3. The van der Waals surface area contributed by atoms with Crippen LogP contribution in [-0.4, -0.2) is 41.1 Å². The highest BCUT2D eigenvalue weighted by atomic mass is 16.6. The van der Waals surface area contributed by atoms with Gasteiger partial charge in [-0.25, -0.2) is 9.59 Å². The second kappa shape index (κ2) is 7.88. The van der Waals surface area contributed by atoms with Crippen molar-refractivity contribution in [2.24, 2.45) is 34.5 Å². The quantitative estimate of drug-likeness (QED) is 0.539. The van der Waals surface area contributed by atoms with Crippen molar-refractivity contribution in [1.82, 2.24) is 0 Å². The van der Waals surface area contributed by atoms with Gasteiger partial charge in [-0.1, -0.05) is 39.8 Å². The summed E-state index contributed by atoms with van der Waals surface area (Å²) in [6.45, 7) is 14.7. The number of esters is 2. The molecule has 0 aromatic rings. The van der Waals surface area contributed by atoms with E-state index in [9.17, 15) is 19.5 Å². The van der Waals surface area contributed by atoms with E-state index in [-0.39, 0.29) is 29.5 Å². The monoisotopic (exact) mass is 432 g/mol. The summed E-state index contributed by atoms with van der Waals surface area (Å²) in [7, 11) is 0. The van der Waals surface area contributed by atoms with Crippen LogP contribution in [0, 0.1) is 34.5 Å². The van der Waals surface area contributed by atoms with E-state index in [1.165, 1.54) is 0 Å². The molecule has 4 bridgehead atoms. The van der Waals surface area contributed by atoms with Crippen molar-refractivity contribution in [1.29, 1.82) is 0 Å². The highest BCUT2D eigenvalue weighted by Gasteiger charge is 2.77. The number of aliphatic hydroxyl groups excluding tert-OH is 1. The number of hydrogen-bond acceptors (Lipinski definition) is 6. The summed E-state index contributed by atoms with van der Waals surface area (Å²) in [5.41, 5.74) is -0.546. The zero-order chi connectivity index (χ0) is 23.5. The molecule has 0 amide bonds. The molecule has 0 aliphatic heterocycles. The number of rotatable bonds is 4. The third kappa shape index (κ3) is 3.29. The minimum Gasteiger partial charge on any atom is -0.454 e. The van der Waals surface area contributed by atoms with Crippen molar-refractivity contribution < 1.29 is 29.0 Å². The third-order valence-corrected chi connectivity index (χ3v) is 8.44. The number of allylic oxidation sites excluding steroid dienone is 2. The largest absolute Gasteiger partial charge is 0.454 e. The van der Waals surface area contributed by atoms with E-state index in [0.717, 1.165) is 0 Å². The van der Waals surface area contributed by atoms with Gasteiger partial charge in [0.2, 0.25) is 0 Å². The molecule has 6 nitrogen and oxygen atoms in total. The molecule has 4 rings (SSSR count). The van der Waals surface area contributed by atoms with Crippen LogP contribution in [0.4, 0.5) is 0 Å². The van der Waals surface area contributed by atoms with Crippen LogP contribution in [0.2, 0.25) is 0 Å². The minimum atomic E-state index is -1.12. The summed E-state index contributed by atoms with van der Waals surface area (Å²) >= 11 is 0. The Kier molecular flexibility index (Phi) is 6.02. The van der Waals surface area contributed by atoms with Crippen LogP contribution in [0.5, 0.6) is 0 Å². The van der Waals surface area contributed by atoms with Gasteiger partial charge in [-0.15, -0.1) is 0 Å². The van der Waals surface area contributed by atoms with E-state index in [1.807, 2.05) is 27.7 Å². The summed E-state index contributed by atoms with van der Waals surface area (Å²) in [6, 6.07) is 0. The van der Waals surface area contributed by atoms with E-state index in [2.05, 4.69) is 0 Å². The van der Waals surface area contributed by atoms with Gasteiger partial charge in [0.1, 0.15) is 18.0 Å². The van der Waals surface area contributed by atoms with Crippen LogP contribution in [0.15, 0.2) is 23.3 Å². The first-order chi connectivity index (χ1) is 14.3. The van der Waals surface area contributed by atoms with Crippen LogP contribution < -0.4 is 0 Å². The first-order valence-electron chi connectivity index (χ1n) is 11.2. The zero-order valence-corrected chi connectivity index (χ0v) is 19.9. The Morgan fingerprint density at radius 2 is 1.52 bits per heavy atom. The third-order valence-electron chi connectivity index (χ3n) is 8.44. The van der Waals surface area contributed by atoms with Crippen LogP contribution >= 0.6 is 0 Å². The Labute approximate surface area is 185 Å². The van der Waals surface area contributed by atoms with Crippen LogP contribution in [-0.2, 0) is 23.9 Å². The topological polar surface area (TPSA) is 89.9 Å². The van der Waals surface area contributed by atoms with Gasteiger partial charge in [0.15, 0.2) is 6.10 Å². The summed E-state index contributed by atoms with van der Waals surface area (Å²) < 4.78 is 11.8. The number of ketones is 1. The average Bonchev–Trinajstić information content (AvgIpc) is 2.78. The van der Waals surface area contributed by atoms with Gasteiger partial charge in [0.05, 0.1) is 0 Å². The molecule has 0 heterocycles. The van der Waals surface area contributed by atoms with E-state index < -0.39 is 41.1 Å². The lowest BCUT2D eigenvalue weighted by Gasteiger charge is -2.68. The number of aliphatic hydroxyl groups is 1. The molecule has 6 heteroatoms. The molecule has 31 heavy (non-hydrogen) atoms. The molecule has 0 aromatic heterocycles. The van der Waals surface area contributed by atoms with Crippen molar-refractivity contribution in [3.05, 3.63) is 23.3 Å². The molecule has 172 valence electrons. The normalized spacial score (nSPS) is 41.7. The Hall–Kier alpha value is -1.95.